The number of carbonyl (C=O) groups is 1. The standard InChI is InChI=1S/C21H26N2O2/c1-3-18-11-13-20(14-12-18)15-22-25-16-21(24)23-17(2)9-10-19-7-5-4-6-8-19/h4-8,11-15,17H,3,9-10,16H2,1-2H3,(H,23,24)/b22-15-/t17-/m0/s1. The first-order valence-corrected chi connectivity index (χ1v) is 8.75. The smallest absolute Gasteiger partial charge is 0.260 e. The Hall–Kier alpha value is -2.62. The molecular formula is C21H26N2O2. The molecule has 4 heteroatoms. The summed E-state index contributed by atoms with van der Waals surface area (Å²) >= 11 is 0. The van der Waals surface area contributed by atoms with E-state index < -0.39 is 0 Å². The van der Waals surface area contributed by atoms with Crippen molar-refractivity contribution in [1.82, 2.24) is 5.32 Å². The molecule has 1 atom stereocenters. The van der Waals surface area contributed by atoms with E-state index in [0.29, 0.717) is 0 Å². The Labute approximate surface area is 149 Å². The second-order valence-corrected chi connectivity index (χ2v) is 6.10. The average molecular weight is 338 g/mol. The fourth-order valence-corrected chi connectivity index (χ4v) is 2.45. The zero-order valence-electron chi connectivity index (χ0n) is 14.9. The van der Waals surface area contributed by atoms with Crippen molar-refractivity contribution < 1.29 is 9.63 Å². The molecule has 0 saturated carbocycles. The summed E-state index contributed by atoms with van der Waals surface area (Å²) in [5, 5.41) is 6.78. The Morgan fingerprint density at radius 1 is 1.12 bits per heavy atom. The first-order chi connectivity index (χ1) is 12.2. The molecule has 4 nitrogen and oxygen atoms in total. The minimum absolute atomic E-state index is 0.0702. The molecule has 0 fully saturated rings. The second-order valence-electron chi connectivity index (χ2n) is 6.10. The van der Waals surface area contributed by atoms with Gasteiger partial charge in [0.15, 0.2) is 6.61 Å². The van der Waals surface area contributed by atoms with E-state index in [-0.39, 0.29) is 18.6 Å². The minimum atomic E-state index is -0.154. The van der Waals surface area contributed by atoms with Crippen LogP contribution < -0.4 is 5.32 Å². The van der Waals surface area contributed by atoms with Gasteiger partial charge in [-0.15, -0.1) is 0 Å². The largest absolute Gasteiger partial charge is 0.386 e. The predicted molar refractivity (Wildman–Crippen MR) is 102 cm³/mol. The van der Waals surface area contributed by atoms with Gasteiger partial charge in [0.25, 0.3) is 5.91 Å². The molecule has 25 heavy (non-hydrogen) atoms. The van der Waals surface area contributed by atoms with Crippen LogP contribution in [0.2, 0.25) is 0 Å². The summed E-state index contributed by atoms with van der Waals surface area (Å²) in [5.74, 6) is -0.154. The third-order valence-corrected chi connectivity index (χ3v) is 3.98. The van der Waals surface area contributed by atoms with E-state index in [9.17, 15) is 4.79 Å². The lowest BCUT2D eigenvalue weighted by molar-refractivity contribution is -0.126. The topological polar surface area (TPSA) is 50.7 Å². The number of aryl methyl sites for hydroxylation is 2. The Morgan fingerprint density at radius 2 is 1.84 bits per heavy atom. The lowest BCUT2D eigenvalue weighted by Gasteiger charge is -2.13. The maximum Gasteiger partial charge on any atom is 0.260 e. The Balaban J connectivity index is 1.64. The van der Waals surface area contributed by atoms with Gasteiger partial charge in [-0.05, 0) is 42.9 Å². The molecule has 0 aromatic heterocycles. The molecule has 1 amide bonds. The number of rotatable bonds is 9. The molecule has 0 aliphatic rings. The number of carbonyl (C=O) groups excluding carboxylic acids is 1. The summed E-state index contributed by atoms with van der Waals surface area (Å²) in [4.78, 5) is 16.9. The van der Waals surface area contributed by atoms with E-state index in [2.05, 4.69) is 41.7 Å². The maximum absolute atomic E-state index is 11.8. The summed E-state index contributed by atoms with van der Waals surface area (Å²) in [6.45, 7) is 4.05. The highest BCUT2D eigenvalue weighted by Gasteiger charge is 2.07. The van der Waals surface area contributed by atoms with E-state index in [0.717, 1.165) is 24.8 Å². The quantitative estimate of drug-likeness (QED) is 0.559. The SMILES string of the molecule is CCc1ccc(/C=N\OCC(=O)N[C@@H](C)CCc2ccccc2)cc1. The molecule has 0 radical (unpaired) electrons. The number of hydrogen-bond donors (Lipinski definition) is 1. The van der Waals surface area contributed by atoms with Gasteiger partial charge >= 0.3 is 0 Å². The Bertz CT molecular complexity index is 666. The molecular weight excluding hydrogens is 312 g/mol. The predicted octanol–water partition coefficient (Wildman–Crippen LogP) is 3.74. The summed E-state index contributed by atoms with van der Waals surface area (Å²) in [6.07, 6.45) is 4.46. The lowest BCUT2D eigenvalue weighted by atomic mass is 10.1. The highest BCUT2D eigenvalue weighted by molar-refractivity contribution is 5.80. The number of oxime groups is 1. The van der Waals surface area contributed by atoms with Crippen LogP contribution in [0.3, 0.4) is 0 Å². The third-order valence-electron chi connectivity index (χ3n) is 3.98. The van der Waals surface area contributed by atoms with Crippen LogP contribution in [0.1, 0.15) is 37.0 Å². The molecule has 2 aromatic rings. The molecule has 2 aromatic carbocycles. The van der Waals surface area contributed by atoms with Crippen LogP contribution in [0.15, 0.2) is 59.8 Å². The number of hydrogen-bond acceptors (Lipinski definition) is 3. The van der Waals surface area contributed by atoms with Crippen LogP contribution >= 0.6 is 0 Å². The molecule has 0 aliphatic heterocycles. The monoisotopic (exact) mass is 338 g/mol. The van der Waals surface area contributed by atoms with Gasteiger partial charge in [-0.3, -0.25) is 4.79 Å². The van der Waals surface area contributed by atoms with Crippen LogP contribution in [0.4, 0.5) is 0 Å². The van der Waals surface area contributed by atoms with Crippen molar-refractivity contribution in [3.8, 4) is 0 Å². The molecule has 0 bridgehead atoms. The van der Waals surface area contributed by atoms with Crippen molar-refractivity contribution in [3.63, 3.8) is 0 Å². The van der Waals surface area contributed by atoms with Gasteiger partial charge in [-0.1, -0.05) is 66.7 Å². The van der Waals surface area contributed by atoms with Crippen LogP contribution in [0.25, 0.3) is 0 Å². The zero-order chi connectivity index (χ0) is 17.9. The zero-order valence-corrected chi connectivity index (χ0v) is 14.9. The van der Waals surface area contributed by atoms with E-state index in [4.69, 9.17) is 4.84 Å². The number of amides is 1. The highest BCUT2D eigenvalue weighted by Crippen LogP contribution is 2.05. The van der Waals surface area contributed by atoms with Crippen LogP contribution in [0, 0.1) is 0 Å². The summed E-state index contributed by atoms with van der Waals surface area (Å²) in [7, 11) is 0. The normalized spacial score (nSPS) is 12.1. The fraction of sp³-hybridized carbons (Fsp3) is 0.333. The summed E-state index contributed by atoms with van der Waals surface area (Å²) in [6, 6.07) is 18.4. The van der Waals surface area contributed by atoms with Gasteiger partial charge in [0, 0.05) is 6.04 Å². The van der Waals surface area contributed by atoms with Crippen LogP contribution in [-0.4, -0.2) is 24.8 Å². The molecule has 0 heterocycles. The summed E-state index contributed by atoms with van der Waals surface area (Å²) in [5.41, 5.74) is 3.51. The fourth-order valence-electron chi connectivity index (χ4n) is 2.45. The summed E-state index contributed by atoms with van der Waals surface area (Å²) < 4.78 is 0. The van der Waals surface area contributed by atoms with Gasteiger partial charge in [-0.2, -0.15) is 0 Å². The van der Waals surface area contributed by atoms with Gasteiger partial charge in [0.1, 0.15) is 0 Å². The molecule has 0 saturated heterocycles. The van der Waals surface area contributed by atoms with E-state index >= 15 is 0 Å². The number of nitrogens with one attached hydrogen (secondary N) is 1. The number of nitrogens with zero attached hydrogens (tertiary/aromatic N) is 1. The Kier molecular flexibility index (Phi) is 7.70. The van der Waals surface area contributed by atoms with E-state index in [1.807, 2.05) is 37.3 Å². The first-order valence-electron chi connectivity index (χ1n) is 8.75. The number of benzene rings is 2. The molecule has 0 aliphatic carbocycles. The highest BCUT2D eigenvalue weighted by atomic mass is 16.6. The molecule has 0 unspecified atom stereocenters. The first kappa shape index (κ1) is 18.7. The van der Waals surface area contributed by atoms with Crippen molar-refractivity contribution in [3.05, 3.63) is 71.3 Å². The molecule has 132 valence electrons. The van der Waals surface area contributed by atoms with Crippen molar-refractivity contribution in [2.75, 3.05) is 6.61 Å². The second kappa shape index (κ2) is 10.3. The minimum Gasteiger partial charge on any atom is -0.386 e. The van der Waals surface area contributed by atoms with Crippen molar-refractivity contribution in [2.24, 2.45) is 5.16 Å². The molecule has 0 spiro atoms. The van der Waals surface area contributed by atoms with E-state index in [1.54, 1.807) is 6.21 Å². The van der Waals surface area contributed by atoms with Gasteiger partial charge in [0.05, 0.1) is 6.21 Å². The van der Waals surface area contributed by atoms with Crippen LogP contribution in [0.5, 0.6) is 0 Å². The average Bonchev–Trinajstić information content (AvgIpc) is 2.65. The molecule has 1 N–H and O–H groups in total. The van der Waals surface area contributed by atoms with Gasteiger partial charge in [0.2, 0.25) is 0 Å². The Morgan fingerprint density at radius 3 is 2.52 bits per heavy atom. The van der Waals surface area contributed by atoms with Crippen LogP contribution in [-0.2, 0) is 22.5 Å². The maximum atomic E-state index is 11.8. The van der Waals surface area contributed by atoms with Gasteiger partial charge in [-0.25, -0.2) is 0 Å². The van der Waals surface area contributed by atoms with Crippen molar-refractivity contribution in [1.29, 1.82) is 0 Å². The van der Waals surface area contributed by atoms with Crippen molar-refractivity contribution in [2.45, 2.75) is 39.2 Å². The van der Waals surface area contributed by atoms with Crippen molar-refractivity contribution >= 4 is 12.1 Å². The van der Waals surface area contributed by atoms with Gasteiger partial charge < -0.3 is 10.2 Å². The van der Waals surface area contributed by atoms with E-state index in [1.165, 1.54) is 11.1 Å². The molecule has 2 rings (SSSR count). The lowest BCUT2D eigenvalue weighted by Crippen LogP contribution is -2.35. The third kappa shape index (κ3) is 7.21.